The van der Waals surface area contributed by atoms with Gasteiger partial charge < -0.3 is 10.6 Å². The lowest BCUT2D eigenvalue weighted by Crippen LogP contribution is -2.62. The summed E-state index contributed by atoms with van der Waals surface area (Å²) in [5.74, 6) is -0.636. The molecule has 6 nitrogen and oxygen atoms in total. The minimum atomic E-state index is -3.68. The second-order valence-electron chi connectivity index (χ2n) is 6.56. The molecule has 136 valence electrons. The topological polar surface area (TPSA) is 78.5 Å². The van der Waals surface area contributed by atoms with Gasteiger partial charge in [-0.2, -0.15) is 4.31 Å². The standard InChI is InChI=1S/C18H18FN3O3S/c19-13-5-7-14(8-6-13)26(24,25)22-11-9-18(10-12-22)20-16-4-2-1-3-15(16)17(23)21-18/h1-8,20H,9-12H2,(H,21,23). The molecular formula is C18H18FN3O3S. The lowest BCUT2D eigenvalue weighted by Gasteiger charge is -2.45. The van der Waals surface area contributed by atoms with Gasteiger partial charge in [0.1, 0.15) is 11.5 Å². The molecule has 2 aliphatic heterocycles. The van der Waals surface area contributed by atoms with Gasteiger partial charge in [-0.3, -0.25) is 4.79 Å². The summed E-state index contributed by atoms with van der Waals surface area (Å²) >= 11 is 0. The first-order chi connectivity index (χ1) is 12.4. The maximum Gasteiger partial charge on any atom is 0.255 e. The van der Waals surface area contributed by atoms with E-state index >= 15 is 0 Å². The Labute approximate surface area is 151 Å². The normalized spacial score (nSPS) is 19.5. The van der Waals surface area contributed by atoms with Crippen LogP contribution in [0.5, 0.6) is 0 Å². The molecule has 0 unspecified atom stereocenters. The van der Waals surface area contributed by atoms with Crippen molar-refractivity contribution in [3.63, 3.8) is 0 Å². The molecule has 2 aromatic carbocycles. The molecule has 4 rings (SSSR count). The zero-order chi connectivity index (χ0) is 18.4. The van der Waals surface area contributed by atoms with Gasteiger partial charge in [0, 0.05) is 31.6 Å². The van der Waals surface area contributed by atoms with Crippen molar-refractivity contribution in [2.45, 2.75) is 23.4 Å². The molecule has 0 radical (unpaired) electrons. The highest BCUT2D eigenvalue weighted by Crippen LogP contribution is 2.32. The Bertz CT molecular complexity index is 952. The zero-order valence-electron chi connectivity index (χ0n) is 13.9. The Morgan fingerprint density at radius 1 is 0.962 bits per heavy atom. The smallest absolute Gasteiger partial charge is 0.255 e. The highest BCUT2D eigenvalue weighted by molar-refractivity contribution is 7.89. The first-order valence-electron chi connectivity index (χ1n) is 8.35. The number of carbonyl (C=O) groups is 1. The maximum atomic E-state index is 13.1. The molecule has 0 atom stereocenters. The molecule has 2 N–H and O–H groups in total. The predicted octanol–water partition coefficient (Wildman–Crippen LogP) is 2.16. The van der Waals surface area contributed by atoms with Crippen LogP contribution in [0.4, 0.5) is 10.1 Å². The number of piperidine rings is 1. The Morgan fingerprint density at radius 2 is 1.62 bits per heavy atom. The lowest BCUT2D eigenvalue weighted by atomic mass is 9.93. The van der Waals surface area contributed by atoms with Crippen molar-refractivity contribution in [2.24, 2.45) is 0 Å². The fourth-order valence-electron chi connectivity index (χ4n) is 3.48. The van der Waals surface area contributed by atoms with Gasteiger partial charge in [0.15, 0.2) is 0 Å². The molecule has 2 aromatic rings. The van der Waals surface area contributed by atoms with Crippen LogP contribution in [0.25, 0.3) is 0 Å². The van der Waals surface area contributed by atoms with E-state index in [1.807, 2.05) is 12.1 Å². The fraction of sp³-hybridized carbons (Fsp3) is 0.278. The first kappa shape index (κ1) is 17.0. The molecule has 1 saturated heterocycles. The van der Waals surface area contributed by atoms with Crippen LogP contribution in [0, 0.1) is 5.82 Å². The number of benzene rings is 2. The summed E-state index contributed by atoms with van der Waals surface area (Å²) in [5.41, 5.74) is 0.686. The molecule has 0 aliphatic carbocycles. The van der Waals surface area contributed by atoms with E-state index in [1.165, 1.54) is 16.4 Å². The molecule has 2 aliphatic rings. The number of carbonyl (C=O) groups excluding carboxylic acids is 1. The van der Waals surface area contributed by atoms with Gasteiger partial charge in [0.25, 0.3) is 5.91 Å². The van der Waals surface area contributed by atoms with Crippen LogP contribution in [0.1, 0.15) is 23.2 Å². The van der Waals surface area contributed by atoms with Gasteiger partial charge in [0.2, 0.25) is 10.0 Å². The predicted molar refractivity (Wildman–Crippen MR) is 94.7 cm³/mol. The van der Waals surface area contributed by atoms with Crippen LogP contribution in [0.3, 0.4) is 0 Å². The van der Waals surface area contributed by atoms with Crippen LogP contribution in [-0.4, -0.2) is 37.4 Å². The largest absolute Gasteiger partial charge is 0.362 e. The summed E-state index contributed by atoms with van der Waals surface area (Å²) in [7, 11) is -3.68. The van der Waals surface area contributed by atoms with Crippen LogP contribution < -0.4 is 10.6 Å². The molecular weight excluding hydrogens is 357 g/mol. The number of rotatable bonds is 2. The van der Waals surface area contributed by atoms with Gasteiger partial charge in [-0.25, -0.2) is 12.8 Å². The second kappa shape index (κ2) is 6.07. The summed E-state index contributed by atoms with van der Waals surface area (Å²) in [6.45, 7) is 0.518. The summed E-state index contributed by atoms with van der Waals surface area (Å²) in [6.07, 6.45) is 0.876. The molecule has 1 fully saturated rings. The van der Waals surface area contributed by atoms with Gasteiger partial charge in [-0.1, -0.05) is 12.1 Å². The quantitative estimate of drug-likeness (QED) is 0.843. The SMILES string of the molecule is O=C1NC2(CCN(S(=O)(=O)c3ccc(F)cc3)CC2)Nc2ccccc21. The summed E-state index contributed by atoms with van der Waals surface area (Å²) in [4.78, 5) is 12.4. The van der Waals surface area contributed by atoms with Crippen LogP contribution in [0.2, 0.25) is 0 Å². The highest BCUT2D eigenvalue weighted by Gasteiger charge is 2.42. The van der Waals surface area contributed by atoms with E-state index in [4.69, 9.17) is 0 Å². The van der Waals surface area contributed by atoms with Gasteiger partial charge in [-0.05, 0) is 36.4 Å². The molecule has 0 bridgehead atoms. The third-order valence-electron chi connectivity index (χ3n) is 4.93. The lowest BCUT2D eigenvalue weighted by molar-refractivity contribution is 0.0865. The van der Waals surface area contributed by atoms with Gasteiger partial charge >= 0.3 is 0 Å². The van der Waals surface area contributed by atoms with E-state index < -0.39 is 21.5 Å². The average molecular weight is 375 g/mol. The van der Waals surface area contributed by atoms with Crippen LogP contribution in [0.15, 0.2) is 53.4 Å². The molecule has 1 amide bonds. The van der Waals surface area contributed by atoms with Crippen molar-refractivity contribution in [1.29, 1.82) is 0 Å². The summed E-state index contributed by atoms with van der Waals surface area (Å²) < 4.78 is 39.9. The van der Waals surface area contributed by atoms with E-state index in [1.54, 1.807) is 12.1 Å². The maximum absolute atomic E-state index is 13.1. The number of nitrogens with one attached hydrogen (secondary N) is 2. The summed E-state index contributed by atoms with van der Waals surface area (Å²) in [5, 5.41) is 6.34. The molecule has 0 aromatic heterocycles. The fourth-order valence-corrected chi connectivity index (χ4v) is 4.92. The number of nitrogens with zero attached hydrogens (tertiary/aromatic N) is 1. The number of fused-ring (bicyclic) bond motifs is 1. The Hall–Kier alpha value is -2.45. The second-order valence-corrected chi connectivity index (χ2v) is 8.50. The molecule has 1 spiro atoms. The molecule has 8 heteroatoms. The summed E-state index contributed by atoms with van der Waals surface area (Å²) in [6, 6.07) is 12.1. The van der Waals surface area contributed by atoms with E-state index in [0.29, 0.717) is 18.4 Å². The Morgan fingerprint density at radius 3 is 2.31 bits per heavy atom. The van der Waals surface area contributed by atoms with Crippen molar-refractivity contribution in [2.75, 3.05) is 18.4 Å². The number of halogens is 1. The number of hydrogen-bond acceptors (Lipinski definition) is 4. The molecule has 2 heterocycles. The van der Waals surface area contributed by atoms with Crippen molar-refractivity contribution >= 4 is 21.6 Å². The first-order valence-corrected chi connectivity index (χ1v) is 9.79. The third-order valence-corrected chi connectivity index (χ3v) is 6.84. The third kappa shape index (κ3) is 2.85. The number of sulfonamides is 1. The van der Waals surface area contributed by atoms with E-state index in [2.05, 4.69) is 10.6 Å². The van der Waals surface area contributed by atoms with E-state index in [9.17, 15) is 17.6 Å². The Kier molecular flexibility index (Phi) is 3.96. The van der Waals surface area contributed by atoms with E-state index in [0.717, 1.165) is 17.8 Å². The Balaban J connectivity index is 1.53. The average Bonchev–Trinajstić information content (AvgIpc) is 2.62. The zero-order valence-corrected chi connectivity index (χ0v) is 14.7. The molecule has 26 heavy (non-hydrogen) atoms. The monoisotopic (exact) mass is 375 g/mol. The van der Waals surface area contributed by atoms with Gasteiger partial charge in [-0.15, -0.1) is 0 Å². The van der Waals surface area contributed by atoms with Crippen LogP contribution >= 0.6 is 0 Å². The minimum Gasteiger partial charge on any atom is -0.362 e. The van der Waals surface area contributed by atoms with Crippen molar-refractivity contribution in [1.82, 2.24) is 9.62 Å². The number of anilines is 1. The minimum absolute atomic E-state index is 0.0702. The van der Waals surface area contributed by atoms with Crippen LogP contribution in [-0.2, 0) is 10.0 Å². The number of hydrogen-bond donors (Lipinski definition) is 2. The van der Waals surface area contributed by atoms with E-state index in [-0.39, 0.29) is 23.9 Å². The molecule has 0 saturated carbocycles. The van der Waals surface area contributed by atoms with Crippen molar-refractivity contribution in [3.8, 4) is 0 Å². The number of para-hydroxylation sites is 1. The van der Waals surface area contributed by atoms with Gasteiger partial charge in [0.05, 0.1) is 10.5 Å². The van der Waals surface area contributed by atoms with Crippen molar-refractivity contribution in [3.05, 3.63) is 59.9 Å². The van der Waals surface area contributed by atoms with Crippen molar-refractivity contribution < 1.29 is 17.6 Å². The highest BCUT2D eigenvalue weighted by atomic mass is 32.2. The number of amides is 1.